The Kier molecular flexibility index (Phi) is 5.60. The number of nitrogens with one attached hydrogen (secondary N) is 2. The number of para-hydroxylation sites is 1. The number of rotatable bonds is 5. The molecule has 6 heteroatoms. The summed E-state index contributed by atoms with van der Waals surface area (Å²) < 4.78 is 0. The van der Waals surface area contributed by atoms with Crippen LogP contribution in [0, 0.1) is 0 Å². The molecule has 6 nitrogen and oxygen atoms in total. The predicted octanol–water partition coefficient (Wildman–Crippen LogP) is 0.944. The third kappa shape index (κ3) is 4.54. The third-order valence-corrected chi connectivity index (χ3v) is 4.57. The van der Waals surface area contributed by atoms with E-state index >= 15 is 0 Å². The van der Waals surface area contributed by atoms with Crippen molar-refractivity contribution >= 4 is 17.5 Å². The molecule has 0 aliphatic carbocycles. The Bertz CT molecular complexity index is 696. The van der Waals surface area contributed by atoms with Crippen molar-refractivity contribution in [3.05, 3.63) is 48.3 Å². The molecule has 0 saturated carbocycles. The van der Waals surface area contributed by atoms with Gasteiger partial charge in [0.25, 0.3) is 5.91 Å². The lowest BCUT2D eigenvalue weighted by molar-refractivity contribution is -0.892. The second-order valence-electron chi connectivity index (χ2n) is 6.75. The summed E-state index contributed by atoms with van der Waals surface area (Å²) in [6, 6.07) is 9.86. The molecule has 2 N–H and O–H groups in total. The molecule has 1 aliphatic heterocycles. The molecule has 1 saturated heterocycles. The quantitative estimate of drug-likeness (QED) is 0.851. The maximum Gasteiger partial charge on any atom is 0.279 e. The zero-order chi connectivity index (χ0) is 17.6. The Morgan fingerprint density at radius 3 is 2.52 bits per heavy atom. The van der Waals surface area contributed by atoms with Crippen molar-refractivity contribution in [3.8, 4) is 0 Å². The molecule has 2 heterocycles. The number of anilines is 2. The number of aromatic nitrogens is 2. The fraction of sp³-hybridized carbons (Fsp3) is 0.421. The van der Waals surface area contributed by atoms with Crippen LogP contribution in [-0.2, 0) is 4.79 Å². The minimum absolute atomic E-state index is 0.0764. The van der Waals surface area contributed by atoms with Crippen molar-refractivity contribution in [2.75, 3.05) is 42.9 Å². The fourth-order valence-corrected chi connectivity index (χ4v) is 3.19. The molecule has 0 unspecified atom stereocenters. The molecule has 0 bridgehead atoms. The third-order valence-electron chi connectivity index (χ3n) is 4.57. The molecule has 25 heavy (non-hydrogen) atoms. The van der Waals surface area contributed by atoms with Gasteiger partial charge in [0.15, 0.2) is 6.54 Å². The number of carbonyl (C=O) groups is 1. The Labute approximate surface area is 148 Å². The van der Waals surface area contributed by atoms with Crippen LogP contribution in [0.4, 0.5) is 11.6 Å². The fourth-order valence-electron chi connectivity index (χ4n) is 3.19. The van der Waals surface area contributed by atoms with Crippen LogP contribution in [0.1, 0.15) is 25.3 Å². The summed E-state index contributed by atoms with van der Waals surface area (Å²) in [6.07, 6.45) is 3.53. The molecule has 0 radical (unpaired) electrons. The number of carbonyl (C=O) groups excluding carboxylic acids is 1. The van der Waals surface area contributed by atoms with Crippen LogP contribution in [0.15, 0.2) is 42.7 Å². The van der Waals surface area contributed by atoms with Gasteiger partial charge in [-0.05, 0) is 23.6 Å². The molecule has 2 aromatic rings. The van der Waals surface area contributed by atoms with Gasteiger partial charge in [0.2, 0.25) is 5.95 Å². The number of benzene rings is 1. The van der Waals surface area contributed by atoms with Crippen molar-refractivity contribution < 1.29 is 9.69 Å². The summed E-state index contributed by atoms with van der Waals surface area (Å²) in [5.41, 5.74) is 2.11. The van der Waals surface area contributed by atoms with Gasteiger partial charge >= 0.3 is 0 Å². The van der Waals surface area contributed by atoms with Crippen LogP contribution in [0.25, 0.3) is 0 Å². The summed E-state index contributed by atoms with van der Waals surface area (Å²) in [5.74, 6) is 1.24. The second-order valence-corrected chi connectivity index (χ2v) is 6.75. The van der Waals surface area contributed by atoms with Crippen molar-refractivity contribution in [2.45, 2.75) is 19.8 Å². The molecule has 1 aromatic heterocycles. The molecule has 0 spiro atoms. The number of amides is 1. The molecule has 3 rings (SSSR count). The summed E-state index contributed by atoms with van der Waals surface area (Å²) in [4.78, 5) is 24.5. The minimum atomic E-state index is 0.0764. The molecule has 1 aliphatic rings. The standard InChI is InChI=1S/C19H25N5O/c1-15(2)16-6-3-4-7-17(16)22-18(25)14-23-10-12-24(13-11-23)19-20-8-5-9-21-19/h3-9,15H,10-14H2,1-2H3,(H,22,25)/p+1. The lowest BCUT2D eigenvalue weighted by Gasteiger charge is -2.31. The van der Waals surface area contributed by atoms with E-state index in [-0.39, 0.29) is 5.91 Å². The van der Waals surface area contributed by atoms with Crippen LogP contribution in [0.5, 0.6) is 0 Å². The monoisotopic (exact) mass is 340 g/mol. The summed E-state index contributed by atoms with van der Waals surface area (Å²) in [7, 11) is 0. The Morgan fingerprint density at radius 2 is 1.84 bits per heavy atom. The number of hydrogen-bond donors (Lipinski definition) is 2. The number of hydrogen-bond acceptors (Lipinski definition) is 4. The smallest absolute Gasteiger partial charge is 0.279 e. The van der Waals surface area contributed by atoms with Gasteiger partial charge in [-0.1, -0.05) is 32.0 Å². The van der Waals surface area contributed by atoms with E-state index in [0.29, 0.717) is 12.5 Å². The van der Waals surface area contributed by atoms with E-state index in [4.69, 9.17) is 0 Å². The van der Waals surface area contributed by atoms with Crippen LogP contribution >= 0.6 is 0 Å². The molecule has 0 atom stereocenters. The average molecular weight is 340 g/mol. The van der Waals surface area contributed by atoms with Crippen LogP contribution < -0.4 is 15.1 Å². The van der Waals surface area contributed by atoms with Gasteiger partial charge in [-0.2, -0.15) is 0 Å². The van der Waals surface area contributed by atoms with Gasteiger partial charge in [0.05, 0.1) is 26.2 Å². The molecule has 1 fully saturated rings. The lowest BCUT2D eigenvalue weighted by atomic mass is 10.0. The van der Waals surface area contributed by atoms with E-state index in [1.165, 1.54) is 10.5 Å². The molecular weight excluding hydrogens is 314 g/mol. The maximum atomic E-state index is 12.4. The highest BCUT2D eigenvalue weighted by Crippen LogP contribution is 2.23. The second kappa shape index (κ2) is 8.07. The van der Waals surface area contributed by atoms with Crippen LogP contribution in [-0.4, -0.2) is 48.6 Å². The summed E-state index contributed by atoms with van der Waals surface area (Å²) in [6.45, 7) is 8.34. The largest absolute Gasteiger partial charge is 0.330 e. The van der Waals surface area contributed by atoms with E-state index in [1.54, 1.807) is 12.4 Å². The van der Waals surface area contributed by atoms with Gasteiger partial charge in [0, 0.05) is 18.1 Å². The number of quaternary nitrogens is 1. The van der Waals surface area contributed by atoms with E-state index in [2.05, 4.69) is 40.1 Å². The molecule has 1 aromatic carbocycles. The van der Waals surface area contributed by atoms with Crippen molar-refractivity contribution in [1.82, 2.24) is 9.97 Å². The number of nitrogens with zero attached hydrogens (tertiary/aromatic N) is 3. The van der Waals surface area contributed by atoms with Crippen molar-refractivity contribution in [3.63, 3.8) is 0 Å². The minimum Gasteiger partial charge on any atom is -0.330 e. The Morgan fingerprint density at radius 1 is 1.16 bits per heavy atom. The first-order chi connectivity index (χ1) is 12.1. The zero-order valence-electron chi connectivity index (χ0n) is 14.9. The van der Waals surface area contributed by atoms with Gasteiger partial charge < -0.3 is 15.1 Å². The highest BCUT2D eigenvalue weighted by atomic mass is 16.2. The van der Waals surface area contributed by atoms with Crippen LogP contribution in [0.3, 0.4) is 0 Å². The predicted molar refractivity (Wildman–Crippen MR) is 99.0 cm³/mol. The highest BCUT2D eigenvalue weighted by Gasteiger charge is 2.23. The van der Waals surface area contributed by atoms with Gasteiger partial charge in [-0.3, -0.25) is 4.79 Å². The first kappa shape index (κ1) is 17.4. The average Bonchev–Trinajstić information content (AvgIpc) is 2.63. The van der Waals surface area contributed by atoms with E-state index < -0.39 is 0 Å². The van der Waals surface area contributed by atoms with E-state index in [9.17, 15) is 4.79 Å². The lowest BCUT2D eigenvalue weighted by Crippen LogP contribution is -3.15. The molecular formula is C19H26N5O+. The molecule has 1 amide bonds. The first-order valence-corrected chi connectivity index (χ1v) is 8.88. The first-order valence-electron chi connectivity index (χ1n) is 8.88. The Balaban J connectivity index is 1.52. The van der Waals surface area contributed by atoms with Gasteiger partial charge in [-0.25, -0.2) is 9.97 Å². The topological polar surface area (TPSA) is 62.6 Å². The van der Waals surface area contributed by atoms with E-state index in [0.717, 1.165) is 37.8 Å². The van der Waals surface area contributed by atoms with Crippen molar-refractivity contribution in [2.24, 2.45) is 0 Å². The Hall–Kier alpha value is -2.47. The van der Waals surface area contributed by atoms with E-state index in [1.807, 2.05) is 24.3 Å². The zero-order valence-corrected chi connectivity index (χ0v) is 14.9. The maximum absolute atomic E-state index is 12.4. The van der Waals surface area contributed by atoms with Crippen molar-refractivity contribution in [1.29, 1.82) is 0 Å². The molecule has 132 valence electrons. The number of piperazine rings is 1. The normalized spacial score (nSPS) is 15.4. The summed E-state index contributed by atoms with van der Waals surface area (Å²) in [5, 5.41) is 3.08. The van der Waals surface area contributed by atoms with Gasteiger partial charge in [-0.15, -0.1) is 0 Å². The van der Waals surface area contributed by atoms with Crippen LogP contribution in [0.2, 0.25) is 0 Å². The SMILES string of the molecule is CC(C)c1ccccc1NC(=O)C[NH+]1CCN(c2ncccn2)CC1. The highest BCUT2D eigenvalue weighted by molar-refractivity contribution is 5.92. The van der Waals surface area contributed by atoms with Gasteiger partial charge in [0.1, 0.15) is 0 Å². The summed E-state index contributed by atoms with van der Waals surface area (Å²) >= 11 is 0.